The molecule has 2 aromatic rings. The molecule has 0 saturated carbocycles. The number of hydrogen-bond acceptors (Lipinski definition) is 4. The summed E-state index contributed by atoms with van der Waals surface area (Å²) in [5, 5.41) is 0. The Morgan fingerprint density at radius 3 is 2.50 bits per heavy atom. The summed E-state index contributed by atoms with van der Waals surface area (Å²) in [6.07, 6.45) is 1.05. The minimum absolute atomic E-state index is 0.0500. The summed E-state index contributed by atoms with van der Waals surface area (Å²) in [6.45, 7) is 4.82. The van der Waals surface area contributed by atoms with E-state index in [-0.39, 0.29) is 11.0 Å². The van der Waals surface area contributed by atoms with E-state index in [0.29, 0.717) is 11.4 Å². The third kappa shape index (κ3) is 3.48. The van der Waals surface area contributed by atoms with Crippen LogP contribution in [0.5, 0.6) is 5.75 Å². The maximum atomic E-state index is 12.6. The summed E-state index contributed by atoms with van der Waals surface area (Å²) >= 11 is 0. The fourth-order valence-corrected chi connectivity index (χ4v) is 3.84. The van der Waals surface area contributed by atoms with Gasteiger partial charge in [-0.3, -0.25) is 4.72 Å². The van der Waals surface area contributed by atoms with Crippen LogP contribution in [0.2, 0.25) is 0 Å². The van der Waals surface area contributed by atoms with Gasteiger partial charge >= 0.3 is 0 Å². The zero-order valence-electron chi connectivity index (χ0n) is 14.1. The van der Waals surface area contributed by atoms with E-state index in [1.165, 1.54) is 5.56 Å². The van der Waals surface area contributed by atoms with Gasteiger partial charge in [0.1, 0.15) is 5.75 Å². The second-order valence-corrected chi connectivity index (χ2v) is 7.94. The van der Waals surface area contributed by atoms with Crippen molar-refractivity contribution in [3.63, 3.8) is 0 Å². The van der Waals surface area contributed by atoms with Crippen molar-refractivity contribution >= 4 is 21.4 Å². The fraction of sp³-hybridized carbons (Fsp3) is 0.333. The van der Waals surface area contributed by atoms with E-state index in [1.807, 2.05) is 39.1 Å². The van der Waals surface area contributed by atoms with E-state index >= 15 is 0 Å². The Morgan fingerprint density at radius 2 is 1.83 bits per heavy atom. The first kappa shape index (κ1) is 16.6. The predicted molar refractivity (Wildman–Crippen MR) is 96.4 cm³/mol. The molecule has 0 aromatic heterocycles. The van der Waals surface area contributed by atoms with Crippen molar-refractivity contribution in [2.24, 2.45) is 0 Å². The number of nitrogens with one attached hydrogen (secondary N) is 1. The van der Waals surface area contributed by atoms with Crippen LogP contribution in [0.4, 0.5) is 11.4 Å². The minimum atomic E-state index is -3.62. The quantitative estimate of drug-likeness (QED) is 0.903. The Hall–Kier alpha value is -2.21. The highest BCUT2D eigenvalue weighted by Gasteiger charge is 2.19. The lowest BCUT2D eigenvalue weighted by molar-refractivity contribution is 0.242. The molecule has 0 amide bonds. The van der Waals surface area contributed by atoms with Gasteiger partial charge in [0.25, 0.3) is 10.0 Å². The maximum Gasteiger partial charge on any atom is 0.261 e. The Labute approximate surface area is 143 Å². The van der Waals surface area contributed by atoms with Crippen LogP contribution in [0.25, 0.3) is 0 Å². The highest BCUT2D eigenvalue weighted by molar-refractivity contribution is 7.92. The molecule has 1 aliphatic rings. The van der Waals surface area contributed by atoms with E-state index < -0.39 is 10.0 Å². The molecule has 1 heterocycles. The van der Waals surface area contributed by atoms with Crippen molar-refractivity contribution in [2.45, 2.75) is 31.3 Å². The van der Waals surface area contributed by atoms with Crippen molar-refractivity contribution in [1.29, 1.82) is 0 Å². The number of nitrogens with zero attached hydrogens (tertiary/aromatic N) is 1. The lowest BCUT2D eigenvalue weighted by Gasteiger charge is -2.14. The number of benzene rings is 2. The van der Waals surface area contributed by atoms with Crippen molar-refractivity contribution in [3.05, 3.63) is 48.0 Å². The van der Waals surface area contributed by atoms with Crippen molar-refractivity contribution in [1.82, 2.24) is 0 Å². The third-order valence-corrected chi connectivity index (χ3v) is 5.37. The molecule has 24 heavy (non-hydrogen) atoms. The minimum Gasteiger partial charge on any atom is -0.491 e. The molecule has 1 N–H and O–H groups in total. The Morgan fingerprint density at radius 1 is 1.12 bits per heavy atom. The third-order valence-electron chi connectivity index (χ3n) is 3.97. The van der Waals surface area contributed by atoms with Crippen LogP contribution >= 0.6 is 0 Å². The summed E-state index contributed by atoms with van der Waals surface area (Å²) in [6, 6.07) is 12.1. The molecule has 0 bridgehead atoms. The number of fused-ring (bicyclic) bond motifs is 1. The summed E-state index contributed by atoms with van der Waals surface area (Å²) < 4.78 is 33.3. The average molecular weight is 346 g/mol. The lowest BCUT2D eigenvalue weighted by atomic mass is 10.1. The normalized spacial score (nSPS) is 13.9. The number of rotatable bonds is 5. The molecule has 2 aromatic carbocycles. The predicted octanol–water partition coefficient (Wildman–Crippen LogP) is 3.27. The van der Waals surface area contributed by atoms with Gasteiger partial charge in [-0.05, 0) is 62.2 Å². The monoisotopic (exact) mass is 346 g/mol. The zero-order chi connectivity index (χ0) is 17.3. The highest BCUT2D eigenvalue weighted by atomic mass is 32.2. The van der Waals surface area contributed by atoms with Crippen LogP contribution in [0, 0.1) is 0 Å². The topological polar surface area (TPSA) is 58.6 Å². The summed E-state index contributed by atoms with van der Waals surface area (Å²) in [5.74, 6) is 0.656. The summed E-state index contributed by atoms with van der Waals surface area (Å²) in [5.41, 5.74) is 2.90. The number of ether oxygens (including phenoxy) is 1. The van der Waals surface area contributed by atoms with Crippen LogP contribution in [-0.2, 0) is 16.4 Å². The second kappa shape index (κ2) is 6.36. The van der Waals surface area contributed by atoms with Crippen molar-refractivity contribution in [2.75, 3.05) is 23.2 Å². The molecular weight excluding hydrogens is 324 g/mol. The van der Waals surface area contributed by atoms with E-state index in [9.17, 15) is 8.42 Å². The largest absolute Gasteiger partial charge is 0.491 e. The first-order chi connectivity index (χ1) is 11.3. The average Bonchev–Trinajstić information content (AvgIpc) is 2.88. The maximum absolute atomic E-state index is 12.6. The van der Waals surface area contributed by atoms with Gasteiger partial charge < -0.3 is 9.64 Å². The van der Waals surface area contributed by atoms with Gasteiger partial charge in [0.15, 0.2) is 0 Å². The Bertz CT molecular complexity index is 830. The molecule has 0 atom stereocenters. The van der Waals surface area contributed by atoms with Gasteiger partial charge in [-0.2, -0.15) is 0 Å². The Balaban J connectivity index is 1.80. The molecule has 1 aliphatic heterocycles. The molecule has 0 saturated heterocycles. The van der Waals surface area contributed by atoms with Crippen molar-refractivity contribution in [3.8, 4) is 5.75 Å². The van der Waals surface area contributed by atoms with Crippen LogP contribution in [0.1, 0.15) is 19.4 Å². The standard InChI is InChI=1S/C18H22N2O3S/c1-13(2)23-16-6-8-17(9-7-16)24(21,22)19-15-5-4-14-10-11-20(3)18(14)12-15/h4-9,12-13,19H,10-11H2,1-3H3. The van der Waals surface area contributed by atoms with E-state index in [0.717, 1.165) is 18.7 Å². The van der Waals surface area contributed by atoms with Gasteiger partial charge in [-0.1, -0.05) is 6.07 Å². The van der Waals surface area contributed by atoms with Gasteiger partial charge in [-0.15, -0.1) is 0 Å². The van der Waals surface area contributed by atoms with Gasteiger partial charge in [0.2, 0.25) is 0 Å². The van der Waals surface area contributed by atoms with Crippen LogP contribution in [0.15, 0.2) is 47.4 Å². The SMILES string of the molecule is CC(C)Oc1ccc(S(=O)(=O)Nc2ccc3c(c2)N(C)CC3)cc1. The first-order valence-electron chi connectivity index (χ1n) is 7.99. The second-order valence-electron chi connectivity index (χ2n) is 6.26. The van der Waals surface area contributed by atoms with Crippen LogP contribution in [-0.4, -0.2) is 28.1 Å². The Kier molecular flexibility index (Phi) is 4.41. The van der Waals surface area contributed by atoms with Crippen LogP contribution in [0.3, 0.4) is 0 Å². The van der Waals surface area contributed by atoms with E-state index in [2.05, 4.69) is 9.62 Å². The smallest absolute Gasteiger partial charge is 0.261 e. The first-order valence-corrected chi connectivity index (χ1v) is 9.47. The molecule has 128 valence electrons. The molecular formula is C18H22N2O3S. The van der Waals surface area contributed by atoms with Gasteiger partial charge in [0, 0.05) is 19.3 Å². The van der Waals surface area contributed by atoms with E-state index in [4.69, 9.17) is 4.74 Å². The van der Waals surface area contributed by atoms with Crippen molar-refractivity contribution < 1.29 is 13.2 Å². The molecule has 0 unspecified atom stereocenters. The van der Waals surface area contributed by atoms with Crippen LogP contribution < -0.4 is 14.4 Å². The van der Waals surface area contributed by atoms with Gasteiger partial charge in [-0.25, -0.2) is 8.42 Å². The highest BCUT2D eigenvalue weighted by Crippen LogP contribution is 2.30. The van der Waals surface area contributed by atoms with E-state index in [1.54, 1.807) is 24.3 Å². The molecule has 0 fully saturated rings. The summed E-state index contributed by atoms with van der Waals surface area (Å²) in [7, 11) is -1.61. The molecule has 5 nitrogen and oxygen atoms in total. The number of anilines is 2. The molecule has 6 heteroatoms. The fourth-order valence-electron chi connectivity index (χ4n) is 2.79. The van der Waals surface area contributed by atoms with Gasteiger partial charge in [0.05, 0.1) is 16.7 Å². The molecule has 0 radical (unpaired) electrons. The molecule has 0 aliphatic carbocycles. The molecule has 0 spiro atoms. The number of hydrogen-bond donors (Lipinski definition) is 1. The summed E-state index contributed by atoms with van der Waals surface area (Å²) in [4.78, 5) is 2.35. The zero-order valence-corrected chi connectivity index (χ0v) is 14.9. The molecule has 3 rings (SSSR count). The number of likely N-dealkylation sites (N-methyl/N-ethyl adjacent to an activating group) is 1. The number of sulfonamides is 1. The lowest BCUT2D eigenvalue weighted by Crippen LogP contribution is -2.15.